The summed E-state index contributed by atoms with van der Waals surface area (Å²) in [4.78, 5) is 5.15. The van der Waals surface area contributed by atoms with Crippen LogP contribution in [-0.4, -0.2) is 4.98 Å². The van der Waals surface area contributed by atoms with Gasteiger partial charge in [-0.1, -0.05) is 56.3 Å². The molecule has 1 heterocycles. The van der Waals surface area contributed by atoms with Crippen LogP contribution in [0.15, 0.2) is 60.7 Å². The van der Waals surface area contributed by atoms with E-state index in [-0.39, 0.29) is 0 Å². The number of aryl methyl sites for hydroxylation is 2. The average molecular weight is 418 g/mol. The zero-order valence-electron chi connectivity index (χ0n) is 19.6. The molecule has 2 aliphatic carbocycles. The minimum Gasteiger partial charge on any atom is -0.252 e. The Morgan fingerprint density at radius 1 is 0.875 bits per heavy atom. The van der Waals surface area contributed by atoms with Gasteiger partial charge in [0, 0.05) is 16.6 Å². The lowest BCUT2D eigenvalue weighted by molar-refractivity contribution is 0.376. The van der Waals surface area contributed by atoms with Crippen LogP contribution in [0.3, 0.4) is 0 Å². The van der Waals surface area contributed by atoms with Crippen molar-refractivity contribution >= 4 is 10.8 Å². The van der Waals surface area contributed by atoms with E-state index in [0.29, 0.717) is 11.3 Å². The summed E-state index contributed by atoms with van der Waals surface area (Å²) in [6, 6.07) is 23.0. The summed E-state index contributed by atoms with van der Waals surface area (Å²) in [5, 5.41) is 2.61. The molecule has 1 saturated carbocycles. The van der Waals surface area contributed by atoms with Gasteiger partial charge >= 0.3 is 0 Å². The molecule has 0 spiro atoms. The second-order valence-electron chi connectivity index (χ2n) is 10.9. The van der Waals surface area contributed by atoms with Crippen LogP contribution in [0, 0.1) is 19.3 Å². The van der Waals surface area contributed by atoms with Crippen LogP contribution in [0.25, 0.3) is 33.2 Å². The number of hydrogen-bond acceptors (Lipinski definition) is 1. The second-order valence-corrected chi connectivity index (χ2v) is 10.9. The van der Waals surface area contributed by atoms with E-state index in [0.717, 1.165) is 17.8 Å². The van der Waals surface area contributed by atoms with Crippen LogP contribution in [0.2, 0.25) is 0 Å². The summed E-state index contributed by atoms with van der Waals surface area (Å²) in [7, 11) is 0. The van der Waals surface area contributed by atoms with Crippen molar-refractivity contribution in [2.24, 2.45) is 5.41 Å². The molecular formula is C31H31N. The molecule has 2 aliphatic rings. The SMILES string of the molecule is Cc1cc2c(c(-c3nc(C)cc4ccc(C5CCC(C)(C)C5)cc34)c1)Cc1ccccc1-2. The quantitative estimate of drug-likeness (QED) is 0.281. The largest absolute Gasteiger partial charge is 0.252 e. The smallest absolute Gasteiger partial charge is 0.0786 e. The van der Waals surface area contributed by atoms with Gasteiger partial charge < -0.3 is 0 Å². The topological polar surface area (TPSA) is 12.9 Å². The van der Waals surface area contributed by atoms with Crippen molar-refractivity contribution in [3.63, 3.8) is 0 Å². The Balaban J connectivity index is 1.56. The van der Waals surface area contributed by atoms with E-state index >= 15 is 0 Å². The fraction of sp³-hybridized carbons (Fsp3) is 0.323. The Morgan fingerprint density at radius 3 is 2.50 bits per heavy atom. The van der Waals surface area contributed by atoms with Crippen molar-refractivity contribution < 1.29 is 0 Å². The van der Waals surface area contributed by atoms with E-state index in [1.807, 2.05) is 0 Å². The number of benzene rings is 3. The lowest BCUT2D eigenvalue weighted by Gasteiger charge is -2.18. The Labute approximate surface area is 191 Å². The molecule has 6 rings (SSSR count). The Bertz CT molecular complexity index is 1380. The highest BCUT2D eigenvalue weighted by Crippen LogP contribution is 2.47. The van der Waals surface area contributed by atoms with Crippen LogP contribution in [0.5, 0.6) is 0 Å². The van der Waals surface area contributed by atoms with Crippen LogP contribution >= 0.6 is 0 Å². The maximum atomic E-state index is 5.15. The van der Waals surface area contributed by atoms with E-state index < -0.39 is 0 Å². The zero-order chi connectivity index (χ0) is 22.0. The van der Waals surface area contributed by atoms with Gasteiger partial charge in [-0.25, -0.2) is 0 Å². The van der Waals surface area contributed by atoms with E-state index in [9.17, 15) is 0 Å². The lowest BCUT2D eigenvalue weighted by Crippen LogP contribution is -2.04. The van der Waals surface area contributed by atoms with Gasteiger partial charge in [-0.05, 0) is 108 Å². The molecule has 0 radical (unpaired) electrons. The third-order valence-corrected chi connectivity index (χ3v) is 7.75. The molecule has 0 bridgehead atoms. The van der Waals surface area contributed by atoms with Crippen LogP contribution in [-0.2, 0) is 6.42 Å². The van der Waals surface area contributed by atoms with Crippen molar-refractivity contribution in [2.75, 3.05) is 0 Å². The average Bonchev–Trinajstić information content (AvgIpc) is 3.32. The highest BCUT2D eigenvalue weighted by atomic mass is 14.7. The van der Waals surface area contributed by atoms with Crippen molar-refractivity contribution in [2.45, 2.75) is 59.3 Å². The molecule has 1 aromatic heterocycles. The molecule has 1 nitrogen and oxygen atoms in total. The Hall–Kier alpha value is -2.93. The molecule has 160 valence electrons. The molecular weight excluding hydrogens is 386 g/mol. The van der Waals surface area contributed by atoms with E-state index in [1.54, 1.807) is 0 Å². The highest BCUT2D eigenvalue weighted by Gasteiger charge is 2.32. The van der Waals surface area contributed by atoms with Gasteiger partial charge in [-0.15, -0.1) is 0 Å². The molecule has 3 aromatic carbocycles. The molecule has 0 amide bonds. The first-order chi connectivity index (χ1) is 15.4. The summed E-state index contributed by atoms with van der Waals surface area (Å²) < 4.78 is 0. The standard InChI is InChI=1S/C31H31N/c1-19-13-27-25-8-6-5-7-22(25)17-28(27)29(14-19)30-26-16-21(24-11-12-31(3,4)18-24)9-10-23(26)15-20(2)32-30/h5-10,13-16,24H,11-12,17-18H2,1-4H3. The number of pyridine rings is 1. The van der Waals surface area contributed by atoms with Crippen LogP contribution in [0.4, 0.5) is 0 Å². The van der Waals surface area contributed by atoms with Gasteiger partial charge in [-0.2, -0.15) is 0 Å². The molecule has 0 aliphatic heterocycles. The summed E-state index contributed by atoms with van der Waals surface area (Å²) in [6.45, 7) is 9.17. The van der Waals surface area contributed by atoms with Gasteiger partial charge in [-0.3, -0.25) is 4.98 Å². The summed E-state index contributed by atoms with van der Waals surface area (Å²) in [5.41, 5.74) is 12.5. The molecule has 0 N–H and O–H groups in total. The minimum atomic E-state index is 0.455. The summed E-state index contributed by atoms with van der Waals surface area (Å²) >= 11 is 0. The van der Waals surface area contributed by atoms with Gasteiger partial charge in [0.25, 0.3) is 0 Å². The number of fused-ring (bicyclic) bond motifs is 4. The number of aromatic nitrogens is 1. The van der Waals surface area contributed by atoms with E-state index in [2.05, 4.69) is 88.4 Å². The predicted molar refractivity (Wildman–Crippen MR) is 135 cm³/mol. The van der Waals surface area contributed by atoms with Crippen molar-refractivity contribution in [3.8, 4) is 22.4 Å². The maximum absolute atomic E-state index is 5.15. The molecule has 4 aromatic rings. The number of nitrogens with zero attached hydrogens (tertiary/aromatic N) is 1. The summed E-state index contributed by atoms with van der Waals surface area (Å²) in [6.07, 6.45) is 4.89. The third-order valence-electron chi connectivity index (χ3n) is 7.75. The third kappa shape index (κ3) is 3.18. The first kappa shape index (κ1) is 19.7. The van der Waals surface area contributed by atoms with Crippen LogP contribution < -0.4 is 0 Å². The van der Waals surface area contributed by atoms with E-state index in [4.69, 9.17) is 4.98 Å². The first-order valence-electron chi connectivity index (χ1n) is 12.0. The van der Waals surface area contributed by atoms with Gasteiger partial charge in [0.15, 0.2) is 0 Å². The molecule has 32 heavy (non-hydrogen) atoms. The highest BCUT2D eigenvalue weighted by molar-refractivity contribution is 5.98. The number of hydrogen-bond donors (Lipinski definition) is 0. The van der Waals surface area contributed by atoms with Gasteiger partial charge in [0.2, 0.25) is 0 Å². The molecule has 1 fully saturated rings. The number of rotatable bonds is 2. The fourth-order valence-electron chi connectivity index (χ4n) is 6.16. The predicted octanol–water partition coefficient (Wildman–Crippen LogP) is 8.38. The summed E-state index contributed by atoms with van der Waals surface area (Å²) in [5.74, 6) is 0.663. The Morgan fingerprint density at radius 2 is 1.69 bits per heavy atom. The molecule has 1 heteroatoms. The van der Waals surface area contributed by atoms with Crippen molar-refractivity contribution in [1.29, 1.82) is 0 Å². The molecule has 0 saturated heterocycles. The molecule has 1 unspecified atom stereocenters. The van der Waals surface area contributed by atoms with Gasteiger partial charge in [0.1, 0.15) is 0 Å². The van der Waals surface area contributed by atoms with Crippen LogP contribution in [0.1, 0.15) is 67.0 Å². The second kappa shape index (κ2) is 7.04. The first-order valence-corrected chi connectivity index (χ1v) is 12.0. The normalized spacial score (nSPS) is 18.7. The molecule has 1 atom stereocenters. The minimum absolute atomic E-state index is 0.455. The fourth-order valence-corrected chi connectivity index (χ4v) is 6.16. The monoisotopic (exact) mass is 417 g/mol. The lowest BCUT2D eigenvalue weighted by atomic mass is 9.87. The van der Waals surface area contributed by atoms with Crippen molar-refractivity contribution in [1.82, 2.24) is 4.98 Å². The maximum Gasteiger partial charge on any atom is 0.0786 e. The Kier molecular flexibility index (Phi) is 4.34. The van der Waals surface area contributed by atoms with Gasteiger partial charge in [0.05, 0.1) is 5.69 Å². The zero-order valence-corrected chi connectivity index (χ0v) is 19.6. The van der Waals surface area contributed by atoms with E-state index in [1.165, 1.54) is 69.0 Å². The van der Waals surface area contributed by atoms with Crippen molar-refractivity contribution in [3.05, 3.63) is 88.6 Å².